The zero-order valence-electron chi connectivity index (χ0n) is 18.4. The number of aromatic nitrogens is 1. The van der Waals surface area contributed by atoms with Crippen LogP contribution in [0.2, 0.25) is 0 Å². The maximum absolute atomic E-state index is 14.0. The Morgan fingerprint density at radius 3 is 2.44 bits per heavy atom. The first-order chi connectivity index (χ1) is 16.0. The lowest BCUT2D eigenvalue weighted by Crippen LogP contribution is -2.15. The first-order valence-electron chi connectivity index (χ1n) is 9.98. The number of esters is 1. The maximum atomic E-state index is 14.0. The molecule has 0 fully saturated rings. The van der Waals surface area contributed by atoms with E-state index >= 15 is 0 Å². The van der Waals surface area contributed by atoms with E-state index in [1.165, 1.54) is 30.3 Å². The van der Waals surface area contributed by atoms with Gasteiger partial charge in [0.2, 0.25) is 0 Å². The Bertz CT molecular complexity index is 1340. The van der Waals surface area contributed by atoms with Gasteiger partial charge in [0.05, 0.1) is 22.7 Å². The van der Waals surface area contributed by atoms with E-state index in [1.807, 2.05) is 0 Å². The number of hydrogen-bond donors (Lipinski definition) is 1. The van der Waals surface area contributed by atoms with Gasteiger partial charge >= 0.3 is 5.97 Å². The van der Waals surface area contributed by atoms with Gasteiger partial charge in [-0.3, -0.25) is 4.79 Å². The van der Waals surface area contributed by atoms with Gasteiger partial charge in [0.15, 0.2) is 9.84 Å². The number of rotatable bonds is 9. The molecule has 2 N–H and O–H groups in total. The number of halogens is 1. The Morgan fingerprint density at radius 1 is 1.18 bits per heavy atom. The van der Waals surface area contributed by atoms with Crippen molar-refractivity contribution in [2.24, 2.45) is 0 Å². The summed E-state index contributed by atoms with van der Waals surface area (Å²) in [6.45, 7) is 0.979. The van der Waals surface area contributed by atoms with Gasteiger partial charge in [-0.2, -0.15) is 0 Å². The summed E-state index contributed by atoms with van der Waals surface area (Å²) in [6.07, 6.45) is 0.850. The molecule has 0 aliphatic carbocycles. The summed E-state index contributed by atoms with van der Waals surface area (Å²) in [6, 6.07) is 11.8. The summed E-state index contributed by atoms with van der Waals surface area (Å²) < 4.78 is 44.3. The molecule has 0 bridgehead atoms. The molecule has 3 aromatic rings. The highest BCUT2D eigenvalue weighted by molar-refractivity contribution is 7.90. The molecule has 0 spiro atoms. The lowest BCUT2D eigenvalue weighted by molar-refractivity contribution is -0.757. The van der Waals surface area contributed by atoms with Crippen LogP contribution >= 0.6 is 0 Å². The Balaban J connectivity index is 2.04. The summed E-state index contributed by atoms with van der Waals surface area (Å²) >= 11 is 0. The molecule has 0 aliphatic heterocycles. The zero-order chi connectivity index (χ0) is 25.0. The Kier molecular flexibility index (Phi) is 7.20. The van der Waals surface area contributed by atoms with Crippen LogP contribution in [0.1, 0.15) is 11.3 Å². The van der Waals surface area contributed by atoms with E-state index in [1.54, 1.807) is 29.7 Å². The van der Waals surface area contributed by atoms with Crippen molar-refractivity contribution in [1.29, 1.82) is 0 Å². The van der Waals surface area contributed by atoms with Crippen LogP contribution in [-0.4, -0.2) is 43.5 Å². The molecule has 2 aromatic carbocycles. The third-order valence-electron chi connectivity index (χ3n) is 5.06. The van der Waals surface area contributed by atoms with E-state index < -0.39 is 33.3 Å². The van der Waals surface area contributed by atoms with Crippen molar-refractivity contribution in [3.8, 4) is 16.9 Å². The number of hydrogen-bond acceptors (Lipinski definition) is 8. The smallest absolute Gasteiger partial charge is 0.310 e. The van der Waals surface area contributed by atoms with Gasteiger partial charge in [0, 0.05) is 28.8 Å². The van der Waals surface area contributed by atoms with Crippen LogP contribution < -0.4 is 5.73 Å². The Morgan fingerprint density at radius 2 is 1.85 bits per heavy atom. The molecule has 1 aromatic heterocycles. The largest absolute Gasteiger partial charge is 0.463 e. The fourth-order valence-corrected chi connectivity index (χ4v) is 4.16. The van der Waals surface area contributed by atoms with Crippen LogP contribution in [0.3, 0.4) is 0 Å². The highest BCUT2D eigenvalue weighted by atomic mass is 32.2. The van der Waals surface area contributed by atoms with E-state index in [4.69, 9.17) is 10.5 Å². The number of sulfone groups is 1. The minimum absolute atomic E-state index is 0.121. The highest BCUT2D eigenvalue weighted by Gasteiger charge is 2.23. The van der Waals surface area contributed by atoms with Crippen molar-refractivity contribution < 1.29 is 32.3 Å². The van der Waals surface area contributed by atoms with Crippen molar-refractivity contribution in [3.63, 3.8) is 0 Å². The third kappa shape index (κ3) is 5.52. The molecule has 0 aliphatic rings. The zero-order valence-corrected chi connectivity index (χ0v) is 19.2. The van der Waals surface area contributed by atoms with Gasteiger partial charge in [0.25, 0.3) is 5.09 Å². The SMILES string of the molecule is Cc1c(CC(=O)OCCO[N+](=O)[O-])c(N)c(-c2ccc(S(C)(=O)=O)cc2)n1-c1cccc(F)c1. The number of anilines is 1. The molecule has 0 unspecified atom stereocenters. The average molecular weight is 491 g/mol. The maximum Gasteiger partial charge on any atom is 0.310 e. The minimum Gasteiger partial charge on any atom is -0.463 e. The van der Waals surface area contributed by atoms with Crippen molar-refractivity contribution in [3.05, 3.63) is 75.7 Å². The molecule has 34 heavy (non-hydrogen) atoms. The number of ether oxygens (including phenoxy) is 1. The number of benzene rings is 2. The van der Waals surface area contributed by atoms with E-state index in [9.17, 15) is 27.7 Å². The van der Waals surface area contributed by atoms with Crippen LogP contribution in [0.25, 0.3) is 16.9 Å². The fourth-order valence-electron chi connectivity index (χ4n) is 3.53. The first-order valence-corrected chi connectivity index (χ1v) is 11.9. The summed E-state index contributed by atoms with van der Waals surface area (Å²) in [5.74, 6) is -1.16. The van der Waals surface area contributed by atoms with Crippen molar-refractivity contribution in [1.82, 2.24) is 4.57 Å². The van der Waals surface area contributed by atoms with Crippen molar-refractivity contribution in [2.75, 3.05) is 25.2 Å². The lowest BCUT2D eigenvalue weighted by atomic mass is 10.1. The topological polar surface area (TPSA) is 144 Å². The summed E-state index contributed by atoms with van der Waals surface area (Å²) in [5, 5.41) is 9.21. The Labute approximate surface area is 194 Å². The number of nitrogens with two attached hydrogens (primary N) is 1. The molecule has 3 rings (SSSR count). The second-order valence-corrected chi connectivity index (χ2v) is 9.41. The van der Waals surface area contributed by atoms with Gasteiger partial charge in [-0.15, -0.1) is 10.1 Å². The van der Waals surface area contributed by atoms with Gasteiger partial charge in [-0.05, 0) is 37.3 Å². The van der Waals surface area contributed by atoms with Gasteiger partial charge in [-0.25, -0.2) is 12.8 Å². The normalized spacial score (nSPS) is 11.3. The molecule has 12 heteroatoms. The second-order valence-electron chi connectivity index (χ2n) is 7.39. The summed E-state index contributed by atoms with van der Waals surface area (Å²) in [7, 11) is -3.42. The Hall–Kier alpha value is -3.93. The van der Waals surface area contributed by atoms with Crippen molar-refractivity contribution >= 4 is 21.5 Å². The van der Waals surface area contributed by atoms with Crippen LogP contribution in [0.15, 0.2) is 53.4 Å². The monoisotopic (exact) mass is 491 g/mol. The predicted octanol–water partition coefficient (Wildman–Crippen LogP) is 2.87. The molecule has 180 valence electrons. The van der Waals surface area contributed by atoms with E-state index in [0.717, 1.165) is 6.26 Å². The van der Waals surface area contributed by atoms with Crippen LogP contribution in [-0.2, 0) is 30.6 Å². The quantitative estimate of drug-likeness (QED) is 0.208. The van der Waals surface area contributed by atoms with Crippen LogP contribution in [0, 0.1) is 22.9 Å². The second kappa shape index (κ2) is 9.91. The van der Waals surface area contributed by atoms with Crippen LogP contribution in [0.5, 0.6) is 0 Å². The number of nitrogens with zero attached hydrogens (tertiary/aromatic N) is 2. The molecule has 0 saturated heterocycles. The molecule has 0 radical (unpaired) electrons. The lowest BCUT2D eigenvalue weighted by Gasteiger charge is -2.13. The number of nitrogen functional groups attached to an aromatic ring is 1. The predicted molar refractivity (Wildman–Crippen MR) is 121 cm³/mol. The summed E-state index contributed by atoms with van der Waals surface area (Å²) in [4.78, 5) is 26.8. The summed E-state index contributed by atoms with van der Waals surface area (Å²) in [5.41, 5.74) is 9.07. The standard InChI is InChI=1S/C22H22FN3O7S/c1-14-19(13-20(27)32-10-11-33-26(28)29)21(24)22(25(14)17-5-3-4-16(23)12-17)15-6-8-18(9-7-15)34(2,30)31/h3-9,12H,10-11,13,24H2,1-2H3. The number of carbonyl (C=O) groups excluding carboxylic acids is 1. The molecular formula is C22H22FN3O7S. The molecule has 1 heterocycles. The van der Waals surface area contributed by atoms with Crippen LogP contribution in [0.4, 0.5) is 10.1 Å². The molecule has 10 nitrogen and oxygen atoms in total. The molecular weight excluding hydrogens is 469 g/mol. The molecule has 0 amide bonds. The van der Waals surface area contributed by atoms with Gasteiger partial charge in [-0.1, -0.05) is 18.2 Å². The molecule has 0 saturated carbocycles. The van der Waals surface area contributed by atoms with E-state index in [2.05, 4.69) is 4.84 Å². The number of carbonyl (C=O) groups is 1. The third-order valence-corrected chi connectivity index (χ3v) is 6.19. The highest BCUT2D eigenvalue weighted by Crippen LogP contribution is 2.37. The average Bonchev–Trinajstić information content (AvgIpc) is 3.01. The van der Waals surface area contributed by atoms with E-state index in [0.29, 0.717) is 28.2 Å². The molecule has 0 atom stereocenters. The van der Waals surface area contributed by atoms with Crippen molar-refractivity contribution in [2.45, 2.75) is 18.2 Å². The van der Waals surface area contributed by atoms with Gasteiger partial charge < -0.3 is 19.9 Å². The van der Waals surface area contributed by atoms with Gasteiger partial charge in [0.1, 0.15) is 19.0 Å². The minimum atomic E-state index is -3.42. The van der Waals surface area contributed by atoms with E-state index in [-0.39, 0.29) is 23.6 Å². The first kappa shape index (κ1) is 24.7. The fraction of sp³-hybridized carbons (Fsp3) is 0.227.